The van der Waals surface area contributed by atoms with Gasteiger partial charge in [-0.05, 0) is 0 Å². The molecule has 29 heavy (non-hydrogen) atoms. The van der Waals surface area contributed by atoms with Gasteiger partial charge in [0, 0.05) is 0 Å². The van der Waals surface area contributed by atoms with Crippen LogP contribution in [-0.4, -0.2) is 76.4 Å². The fourth-order valence-corrected chi connectivity index (χ4v) is 1.91. The van der Waals surface area contributed by atoms with Crippen molar-refractivity contribution in [3.8, 4) is 0 Å². The molecule has 11 N–H and O–H groups in total. The van der Waals surface area contributed by atoms with Gasteiger partial charge in [-0.25, -0.2) is 4.79 Å². The minimum Gasteiger partial charge on any atom is -0.481 e. The molecule has 15 nitrogen and oxygen atoms in total. The van der Waals surface area contributed by atoms with Crippen LogP contribution in [0.3, 0.4) is 0 Å². The normalized spacial score (nSPS) is 13.3. The third-order valence-electron chi connectivity index (χ3n) is 3.23. The van der Waals surface area contributed by atoms with Crippen LogP contribution in [0.5, 0.6) is 0 Å². The Balaban J connectivity index is 4.94. The number of carboxylic acids is 2. The summed E-state index contributed by atoms with van der Waals surface area (Å²) in [4.78, 5) is 79.1. The average Bonchev–Trinajstić information content (AvgIpc) is 2.56. The number of aliphatic carboxylic acids is 2. The van der Waals surface area contributed by atoms with Crippen molar-refractivity contribution < 1.29 is 43.8 Å². The lowest BCUT2D eigenvalue weighted by Crippen LogP contribution is -2.55. The first-order chi connectivity index (χ1) is 13.3. The van der Waals surface area contributed by atoms with Crippen LogP contribution in [0.1, 0.15) is 19.3 Å². The van der Waals surface area contributed by atoms with Crippen LogP contribution < -0.4 is 33.2 Å². The predicted octanol–water partition coefficient (Wildman–Crippen LogP) is -5.29. The monoisotopic (exact) mass is 418 g/mol. The van der Waals surface area contributed by atoms with Gasteiger partial charge in [0.2, 0.25) is 29.5 Å². The number of amides is 5. The maximum atomic E-state index is 12.2. The highest BCUT2D eigenvalue weighted by atomic mass is 16.4. The quantitative estimate of drug-likeness (QED) is 0.141. The standard InChI is InChI=1S/C14H22N6O9/c15-5(1-11(24)25)12(26)18-4-10(23)19-6(2-8(16)21)13(27)20-7(14(28)29)3-9(17)22/h5-7H,1-4,15H2,(H2,16,21)(H2,17,22)(H,18,26)(H,19,23)(H,20,27)(H,24,25)(H,28,29). The minimum atomic E-state index is -1.71. The molecule has 0 radical (unpaired) electrons. The van der Waals surface area contributed by atoms with Crippen LogP contribution in [0.2, 0.25) is 0 Å². The first-order valence-corrected chi connectivity index (χ1v) is 7.97. The van der Waals surface area contributed by atoms with Crippen molar-refractivity contribution in [1.82, 2.24) is 16.0 Å². The Morgan fingerprint density at radius 2 is 1.28 bits per heavy atom. The Hall–Kier alpha value is -3.75. The number of carboxylic acid groups (broad SMARTS) is 2. The molecule has 0 spiro atoms. The fourth-order valence-electron chi connectivity index (χ4n) is 1.91. The van der Waals surface area contributed by atoms with E-state index in [0.29, 0.717) is 0 Å². The molecule has 5 amide bonds. The van der Waals surface area contributed by atoms with Crippen LogP contribution in [0.15, 0.2) is 0 Å². The molecule has 15 heteroatoms. The van der Waals surface area contributed by atoms with Crippen molar-refractivity contribution in [3.05, 3.63) is 0 Å². The van der Waals surface area contributed by atoms with E-state index in [1.807, 2.05) is 16.0 Å². The Kier molecular flexibility index (Phi) is 10.3. The van der Waals surface area contributed by atoms with Crippen molar-refractivity contribution in [3.63, 3.8) is 0 Å². The molecule has 0 fully saturated rings. The third-order valence-corrected chi connectivity index (χ3v) is 3.23. The molecule has 0 aromatic rings. The molecule has 3 atom stereocenters. The maximum Gasteiger partial charge on any atom is 0.326 e. The summed E-state index contributed by atoms with van der Waals surface area (Å²) >= 11 is 0. The minimum absolute atomic E-state index is 0.684. The topological polar surface area (TPSA) is 274 Å². The lowest BCUT2D eigenvalue weighted by molar-refractivity contribution is -0.143. The van der Waals surface area contributed by atoms with Crippen molar-refractivity contribution >= 4 is 41.5 Å². The Morgan fingerprint density at radius 3 is 1.72 bits per heavy atom. The van der Waals surface area contributed by atoms with E-state index in [1.165, 1.54) is 0 Å². The number of hydrogen-bond donors (Lipinski definition) is 8. The van der Waals surface area contributed by atoms with E-state index in [2.05, 4.69) is 0 Å². The van der Waals surface area contributed by atoms with E-state index in [0.717, 1.165) is 0 Å². The van der Waals surface area contributed by atoms with Gasteiger partial charge in [0.1, 0.15) is 12.1 Å². The zero-order valence-corrected chi connectivity index (χ0v) is 15.0. The SMILES string of the molecule is NC(=O)CC(NC(=O)C(CC(N)=O)NC(=O)CNC(=O)C(N)CC(=O)O)C(=O)O. The second kappa shape index (κ2) is 11.9. The first kappa shape index (κ1) is 25.2. The van der Waals surface area contributed by atoms with Crippen molar-refractivity contribution in [1.29, 1.82) is 0 Å². The zero-order chi connectivity index (χ0) is 22.7. The number of carbonyl (C=O) groups is 7. The van der Waals surface area contributed by atoms with Gasteiger partial charge in [-0.2, -0.15) is 0 Å². The lowest BCUT2D eigenvalue weighted by atomic mass is 10.1. The Morgan fingerprint density at radius 1 is 0.759 bits per heavy atom. The summed E-state index contributed by atoms with van der Waals surface area (Å²) in [5.74, 6) is -8.02. The molecule has 0 rings (SSSR count). The Labute approximate surface area is 163 Å². The van der Waals surface area contributed by atoms with Gasteiger partial charge in [-0.15, -0.1) is 0 Å². The molecular formula is C14H22N6O9. The van der Waals surface area contributed by atoms with E-state index in [9.17, 15) is 33.6 Å². The highest BCUT2D eigenvalue weighted by Crippen LogP contribution is 1.98. The molecule has 0 aliphatic rings. The summed E-state index contributed by atoms with van der Waals surface area (Å²) in [6.07, 6.45) is -2.14. The van der Waals surface area contributed by atoms with Gasteiger partial charge >= 0.3 is 11.9 Å². The van der Waals surface area contributed by atoms with E-state index in [4.69, 9.17) is 27.4 Å². The van der Waals surface area contributed by atoms with Crippen LogP contribution in [0, 0.1) is 0 Å². The molecule has 0 aliphatic heterocycles. The molecule has 162 valence electrons. The number of nitrogens with one attached hydrogen (secondary N) is 3. The highest BCUT2D eigenvalue weighted by Gasteiger charge is 2.29. The molecule has 0 aromatic heterocycles. The first-order valence-electron chi connectivity index (χ1n) is 7.97. The van der Waals surface area contributed by atoms with Gasteiger partial charge in [0.05, 0.1) is 31.8 Å². The summed E-state index contributed by atoms with van der Waals surface area (Å²) in [5.41, 5.74) is 15.2. The second-order valence-electron chi connectivity index (χ2n) is 5.78. The van der Waals surface area contributed by atoms with Crippen molar-refractivity contribution in [2.45, 2.75) is 37.4 Å². The van der Waals surface area contributed by atoms with E-state index in [-0.39, 0.29) is 0 Å². The van der Waals surface area contributed by atoms with Crippen LogP contribution in [0.25, 0.3) is 0 Å². The summed E-state index contributed by atoms with van der Waals surface area (Å²) in [7, 11) is 0. The average molecular weight is 418 g/mol. The molecule has 0 aromatic carbocycles. The van der Waals surface area contributed by atoms with Crippen LogP contribution in [-0.2, 0) is 33.6 Å². The van der Waals surface area contributed by atoms with E-state index >= 15 is 0 Å². The number of hydrogen-bond acceptors (Lipinski definition) is 8. The summed E-state index contributed by atoms with van der Waals surface area (Å²) < 4.78 is 0. The molecule has 0 heterocycles. The van der Waals surface area contributed by atoms with E-state index in [1.54, 1.807) is 0 Å². The van der Waals surface area contributed by atoms with Gasteiger partial charge in [-0.1, -0.05) is 0 Å². The van der Waals surface area contributed by atoms with Gasteiger partial charge < -0.3 is 43.4 Å². The summed E-state index contributed by atoms with van der Waals surface area (Å²) in [5, 5.41) is 23.5. The molecule has 0 bridgehead atoms. The fraction of sp³-hybridized carbons (Fsp3) is 0.500. The molecule has 0 saturated heterocycles. The maximum absolute atomic E-state index is 12.2. The zero-order valence-electron chi connectivity index (χ0n) is 15.0. The third kappa shape index (κ3) is 10.9. The lowest BCUT2D eigenvalue weighted by Gasteiger charge is -2.20. The molecule has 0 aliphatic carbocycles. The van der Waals surface area contributed by atoms with E-state index < -0.39 is 85.4 Å². The molecular weight excluding hydrogens is 396 g/mol. The molecule has 0 saturated carbocycles. The molecule has 3 unspecified atom stereocenters. The highest BCUT2D eigenvalue weighted by molar-refractivity contribution is 5.96. The predicted molar refractivity (Wildman–Crippen MR) is 92.4 cm³/mol. The van der Waals surface area contributed by atoms with Crippen LogP contribution >= 0.6 is 0 Å². The Bertz CT molecular complexity index is 695. The second-order valence-corrected chi connectivity index (χ2v) is 5.78. The summed E-state index contributed by atoms with van der Waals surface area (Å²) in [6.45, 7) is -0.724. The smallest absolute Gasteiger partial charge is 0.326 e. The number of rotatable bonds is 13. The van der Waals surface area contributed by atoms with Gasteiger partial charge in [0.25, 0.3) is 0 Å². The number of nitrogens with two attached hydrogens (primary N) is 3. The largest absolute Gasteiger partial charge is 0.481 e. The number of carbonyl (C=O) groups excluding carboxylic acids is 5. The van der Waals surface area contributed by atoms with Crippen LogP contribution in [0.4, 0.5) is 0 Å². The van der Waals surface area contributed by atoms with Gasteiger partial charge in [0.15, 0.2) is 0 Å². The summed E-state index contributed by atoms with van der Waals surface area (Å²) in [6, 6.07) is -4.74. The number of primary amides is 2. The van der Waals surface area contributed by atoms with Gasteiger partial charge in [-0.3, -0.25) is 28.8 Å². The van der Waals surface area contributed by atoms with Crippen molar-refractivity contribution in [2.75, 3.05) is 6.54 Å². The van der Waals surface area contributed by atoms with Crippen molar-refractivity contribution in [2.24, 2.45) is 17.2 Å².